The Kier molecular flexibility index (Phi) is 9.03. The molecule has 6 nitrogen and oxygen atoms in total. The second-order valence-electron chi connectivity index (χ2n) is 5.62. The number of benzene rings is 2. The summed E-state index contributed by atoms with van der Waals surface area (Å²) in [6, 6.07) is 15.1. The highest BCUT2D eigenvalue weighted by molar-refractivity contribution is 14.0. The summed E-state index contributed by atoms with van der Waals surface area (Å²) >= 11 is 0. The van der Waals surface area contributed by atoms with E-state index in [2.05, 4.69) is 51.5 Å². The van der Waals surface area contributed by atoms with Crippen molar-refractivity contribution in [2.45, 2.75) is 24.9 Å². The molecule has 8 heteroatoms. The Bertz CT molecular complexity index is 837. The van der Waals surface area contributed by atoms with E-state index in [0.717, 1.165) is 11.1 Å². The first kappa shape index (κ1) is 22.4. The van der Waals surface area contributed by atoms with Gasteiger partial charge in [-0.25, -0.2) is 13.1 Å². The third-order valence-corrected chi connectivity index (χ3v) is 5.15. The molecule has 0 unspecified atom stereocenters. The molecule has 0 amide bonds. The van der Waals surface area contributed by atoms with Gasteiger partial charge in [0.05, 0.1) is 4.90 Å². The molecule has 0 aliphatic carbocycles. The largest absolute Gasteiger partial charge is 0.352 e. The van der Waals surface area contributed by atoms with Crippen LogP contribution < -0.4 is 15.4 Å². The third-order valence-electron chi connectivity index (χ3n) is 3.74. The van der Waals surface area contributed by atoms with Gasteiger partial charge in [-0.3, -0.25) is 4.99 Å². The lowest BCUT2D eigenvalue weighted by atomic mass is 10.1. The number of sulfonamides is 1. The molecule has 0 aliphatic rings. The first-order valence-corrected chi connectivity index (χ1v) is 9.45. The first-order chi connectivity index (χ1) is 11.9. The molecule has 0 aromatic heterocycles. The van der Waals surface area contributed by atoms with Gasteiger partial charge in [0.2, 0.25) is 10.0 Å². The highest BCUT2D eigenvalue weighted by Gasteiger charge is 2.11. The summed E-state index contributed by atoms with van der Waals surface area (Å²) in [7, 11) is -0.338. The van der Waals surface area contributed by atoms with Crippen molar-refractivity contribution in [2.75, 3.05) is 14.1 Å². The maximum atomic E-state index is 11.9. The van der Waals surface area contributed by atoms with E-state index in [4.69, 9.17) is 0 Å². The lowest BCUT2D eigenvalue weighted by molar-refractivity contribution is 0.588. The van der Waals surface area contributed by atoms with Gasteiger partial charge in [-0.2, -0.15) is 0 Å². The first-order valence-electron chi connectivity index (χ1n) is 7.97. The number of nitrogens with zero attached hydrogens (tertiary/aromatic N) is 1. The van der Waals surface area contributed by atoms with E-state index < -0.39 is 10.0 Å². The zero-order chi connectivity index (χ0) is 18.3. The van der Waals surface area contributed by atoms with E-state index >= 15 is 0 Å². The number of halogens is 1. The van der Waals surface area contributed by atoms with Gasteiger partial charge in [0, 0.05) is 20.1 Å². The summed E-state index contributed by atoms with van der Waals surface area (Å²) in [6.07, 6.45) is 0. The number of aliphatic imine (C=N–C) groups is 1. The monoisotopic (exact) mass is 488 g/mol. The Morgan fingerprint density at radius 1 is 1.00 bits per heavy atom. The lowest BCUT2D eigenvalue weighted by Crippen LogP contribution is -2.36. The van der Waals surface area contributed by atoms with Crippen LogP contribution in [-0.4, -0.2) is 28.5 Å². The highest BCUT2D eigenvalue weighted by Crippen LogP contribution is 2.11. The summed E-state index contributed by atoms with van der Waals surface area (Å²) < 4.78 is 26.0. The van der Waals surface area contributed by atoms with Crippen LogP contribution in [0.1, 0.15) is 16.7 Å². The molecule has 0 saturated carbocycles. The third kappa shape index (κ3) is 6.58. The van der Waals surface area contributed by atoms with Crippen molar-refractivity contribution >= 4 is 40.0 Å². The standard InChI is InChI=1S/C18H24N4O2S.HI/c1-14-7-9-15(10-8-14)12-21-18(19-2)22-13-16-5-4-6-17(11-16)25(23,24)20-3;/h4-11,20H,12-13H2,1-3H3,(H2,19,21,22);1H. The van der Waals surface area contributed by atoms with Crippen molar-refractivity contribution in [3.63, 3.8) is 0 Å². The van der Waals surface area contributed by atoms with E-state index in [1.807, 2.05) is 6.07 Å². The number of rotatable bonds is 6. The Labute approximate surface area is 172 Å². The van der Waals surface area contributed by atoms with Gasteiger partial charge < -0.3 is 10.6 Å². The van der Waals surface area contributed by atoms with Crippen molar-refractivity contribution in [3.8, 4) is 0 Å². The van der Waals surface area contributed by atoms with Gasteiger partial charge >= 0.3 is 0 Å². The molecule has 0 fully saturated rings. The van der Waals surface area contributed by atoms with Crippen LogP contribution >= 0.6 is 24.0 Å². The van der Waals surface area contributed by atoms with Crippen molar-refractivity contribution in [1.82, 2.24) is 15.4 Å². The Balaban J connectivity index is 0.00000338. The maximum absolute atomic E-state index is 11.9. The molecular weight excluding hydrogens is 463 g/mol. The molecule has 2 aromatic rings. The zero-order valence-corrected chi connectivity index (χ0v) is 18.3. The molecule has 2 aromatic carbocycles. The molecule has 0 heterocycles. The molecule has 2 rings (SSSR count). The average Bonchev–Trinajstić information content (AvgIpc) is 2.63. The number of hydrogen-bond acceptors (Lipinski definition) is 3. The summed E-state index contributed by atoms with van der Waals surface area (Å²) in [5.74, 6) is 0.655. The summed E-state index contributed by atoms with van der Waals surface area (Å²) in [5.41, 5.74) is 3.24. The number of hydrogen-bond donors (Lipinski definition) is 3. The van der Waals surface area contributed by atoms with Crippen LogP contribution in [0.2, 0.25) is 0 Å². The molecule has 0 aliphatic heterocycles. The van der Waals surface area contributed by atoms with Crippen LogP contribution in [0, 0.1) is 6.92 Å². The molecule has 142 valence electrons. The highest BCUT2D eigenvalue weighted by atomic mass is 127. The van der Waals surface area contributed by atoms with E-state index in [1.165, 1.54) is 12.6 Å². The smallest absolute Gasteiger partial charge is 0.240 e. The second kappa shape index (κ2) is 10.5. The average molecular weight is 488 g/mol. The Morgan fingerprint density at radius 3 is 2.19 bits per heavy atom. The Morgan fingerprint density at radius 2 is 1.62 bits per heavy atom. The van der Waals surface area contributed by atoms with Gasteiger partial charge in [0.25, 0.3) is 0 Å². The Hall–Kier alpha value is -1.65. The van der Waals surface area contributed by atoms with Gasteiger partial charge in [-0.1, -0.05) is 42.0 Å². The number of aryl methyl sites for hydroxylation is 1. The quantitative estimate of drug-likeness (QED) is 0.332. The molecule has 0 bridgehead atoms. The van der Waals surface area contributed by atoms with Crippen LogP contribution in [0.4, 0.5) is 0 Å². The van der Waals surface area contributed by atoms with Crippen LogP contribution in [-0.2, 0) is 23.1 Å². The molecule has 0 atom stereocenters. The van der Waals surface area contributed by atoms with Crippen LogP contribution in [0.3, 0.4) is 0 Å². The van der Waals surface area contributed by atoms with E-state index in [-0.39, 0.29) is 28.9 Å². The fraction of sp³-hybridized carbons (Fsp3) is 0.278. The van der Waals surface area contributed by atoms with Crippen LogP contribution in [0.15, 0.2) is 58.4 Å². The molecule has 3 N–H and O–H groups in total. The van der Waals surface area contributed by atoms with E-state index in [9.17, 15) is 8.42 Å². The van der Waals surface area contributed by atoms with Crippen molar-refractivity contribution in [3.05, 3.63) is 65.2 Å². The van der Waals surface area contributed by atoms with Gasteiger partial charge in [0.1, 0.15) is 0 Å². The summed E-state index contributed by atoms with van der Waals surface area (Å²) in [4.78, 5) is 4.43. The van der Waals surface area contributed by atoms with Gasteiger partial charge in [-0.15, -0.1) is 24.0 Å². The van der Waals surface area contributed by atoms with Crippen LogP contribution in [0.5, 0.6) is 0 Å². The van der Waals surface area contributed by atoms with Crippen molar-refractivity contribution in [2.24, 2.45) is 4.99 Å². The topological polar surface area (TPSA) is 82.6 Å². The normalized spacial score (nSPS) is 11.6. The van der Waals surface area contributed by atoms with Crippen molar-refractivity contribution in [1.29, 1.82) is 0 Å². The SMILES string of the molecule is CN=C(NCc1ccc(C)cc1)NCc1cccc(S(=O)(=O)NC)c1.I. The van der Waals surface area contributed by atoms with Gasteiger partial charge in [-0.05, 0) is 37.2 Å². The molecule has 26 heavy (non-hydrogen) atoms. The molecule has 0 saturated heterocycles. The fourth-order valence-corrected chi connectivity index (χ4v) is 3.04. The minimum atomic E-state index is -3.44. The summed E-state index contributed by atoms with van der Waals surface area (Å²) in [5, 5.41) is 6.43. The second-order valence-corrected chi connectivity index (χ2v) is 7.51. The minimum absolute atomic E-state index is 0. The van der Waals surface area contributed by atoms with E-state index in [0.29, 0.717) is 19.0 Å². The molecule has 0 radical (unpaired) electrons. The summed E-state index contributed by atoms with van der Waals surface area (Å²) in [6.45, 7) is 3.19. The lowest BCUT2D eigenvalue weighted by Gasteiger charge is -2.13. The van der Waals surface area contributed by atoms with Crippen molar-refractivity contribution < 1.29 is 8.42 Å². The predicted molar refractivity (Wildman–Crippen MR) is 116 cm³/mol. The van der Waals surface area contributed by atoms with E-state index in [1.54, 1.807) is 25.2 Å². The van der Waals surface area contributed by atoms with Crippen LogP contribution in [0.25, 0.3) is 0 Å². The number of nitrogens with one attached hydrogen (secondary N) is 3. The number of guanidine groups is 1. The molecular formula is C18H25IN4O2S. The molecule has 0 spiro atoms. The fourth-order valence-electron chi connectivity index (χ4n) is 2.24. The zero-order valence-electron chi connectivity index (χ0n) is 15.1. The minimum Gasteiger partial charge on any atom is -0.352 e. The van der Waals surface area contributed by atoms with Gasteiger partial charge in [0.15, 0.2) is 5.96 Å². The predicted octanol–water partition coefficient (Wildman–Crippen LogP) is 2.39. The maximum Gasteiger partial charge on any atom is 0.240 e.